The van der Waals surface area contributed by atoms with E-state index in [0.717, 1.165) is 19.3 Å². The predicted octanol–water partition coefficient (Wildman–Crippen LogP) is 3.80. The SMILES string of the molecule is CCCCOc1ccc(NC(=O)C(C)(C)OCCC)cc1C(=O)OC. The van der Waals surface area contributed by atoms with E-state index in [2.05, 4.69) is 12.2 Å². The van der Waals surface area contributed by atoms with Gasteiger partial charge in [-0.25, -0.2) is 4.79 Å². The highest BCUT2D eigenvalue weighted by molar-refractivity contribution is 5.99. The molecule has 25 heavy (non-hydrogen) atoms. The van der Waals surface area contributed by atoms with E-state index in [-0.39, 0.29) is 11.5 Å². The highest BCUT2D eigenvalue weighted by Crippen LogP contribution is 2.25. The maximum Gasteiger partial charge on any atom is 0.341 e. The summed E-state index contributed by atoms with van der Waals surface area (Å²) in [6, 6.07) is 4.92. The Morgan fingerprint density at radius 3 is 2.44 bits per heavy atom. The largest absolute Gasteiger partial charge is 0.493 e. The molecule has 0 aromatic heterocycles. The average molecular weight is 351 g/mol. The summed E-state index contributed by atoms with van der Waals surface area (Å²) in [6.45, 7) is 8.48. The molecule has 0 spiro atoms. The molecule has 0 saturated heterocycles. The topological polar surface area (TPSA) is 73.9 Å². The van der Waals surface area contributed by atoms with Crippen molar-refractivity contribution in [2.45, 2.75) is 52.6 Å². The van der Waals surface area contributed by atoms with Gasteiger partial charge in [-0.05, 0) is 44.9 Å². The molecule has 140 valence electrons. The molecule has 0 saturated carbocycles. The van der Waals surface area contributed by atoms with E-state index in [1.54, 1.807) is 32.0 Å². The van der Waals surface area contributed by atoms with Crippen LogP contribution in [0, 0.1) is 0 Å². The molecule has 0 fully saturated rings. The van der Waals surface area contributed by atoms with Crippen molar-refractivity contribution in [3.63, 3.8) is 0 Å². The lowest BCUT2D eigenvalue weighted by Crippen LogP contribution is -2.40. The van der Waals surface area contributed by atoms with Gasteiger partial charge < -0.3 is 19.5 Å². The van der Waals surface area contributed by atoms with Gasteiger partial charge >= 0.3 is 5.97 Å². The van der Waals surface area contributed by atoms with Crippen LogP contribution in [-0.4, -0.2) is 37.8 Å². The van der Waals surface area contributed by atoms with Crippen LogP contribution in [-0.2, 0) is 14.3 Å². The van der Waals surface area contributed by atoms with Crippen molar-refractivity contribution >= 4 is 17.6 Å². The van der Waals surface area contributed by atoms with Gasteiger partial charge in [0, 0.05) is 12.3 Å². The summed E-state index contributed by atoms with van der Waals surface area (Å²) >= 11 is 0. The number of unbranched alkanes of at least 4 members (excludes halogenated alkanes) is 1. The fourth-order valence-corrected chi connectivity index (χ4v) is 2.03. The first kappa shape index (κ1) is 21.0. The van der Waals surface area contributed by atoms with E-state index >= 15 is 0 Å². The van der Waals surface area contributed by atoms with Gasteiger partial charge in [-0.2, -0.15) is 0 Å². The zero-order chi connectivity index (χ0) is 18.9. The zero-order valence-electron chi connectivity index (χ0n) is 15.8. The molecule has 1 rings (SSSR count). The molecule has 0 bridgehead atoms. The van der Waals surface area contributed by atoms with Gasteiger partial charge in [0.1, 0.15) is 16.9 Å². The normalized spacial score (nSPS) is 11.1. The Kier molecular flexibility index (Phi) is 8.41. The van der Waals surface area contributed by atoms with Crippen LogP contribution < -0.4 is 10.1 Å². The second-order valence-corrected chi connectivity index (χ2v) is 6.22. The Hall–Kier alpha value is -2.08. The monoisotopic (exact) mass is 351 g/mol. The Bertz CT molecular complexity index is 583. The molecule has 1 aromatic carbocycles. The molecular weight excluding hydrogens is 322 g/mol. The van der Waals surface area contributed by atoms with Gasteiger partial charge in [-0.3, -0.25) is 4.79 Å². The van der Waals surface area contributed by atoms with Gasteiger partial charge in [-0.1, -0.05) is 20.3 Å². The number of anilines is 1. The summed E-state index contributed by atoms with van der Waals surface area (Å²) in [4.78, 5) is 24.4. The third kappa shape index (κ3) is 6.38. The van der Waals surface area contributed by atoms with E-state index in [0.29, 0.717) is 24.7 Å². The van der Waals surface area contributed by atoms with E-state index in [9.17, 15) is 9.59 Å². The van der Waals surface area contributed by atoms with Crippen molar-refractivity contribution in [3.8, 4) is 5.75 Å². The molecular formula is C19H29NO5. The zero-order valence-corrected chi connectivity index (χ0v) is 15.8. The Balaban J connectivity index is 2.94. The van der Waals surface area contributed by atoms with Crippen LogP contribution >= 0.6 is 0 Å². The highest BCUT2D eigenvalue weighted by atomic mass is 16.5. The van der Waals surface area contributed by atoms with E-state index in [4.69, 9.17) is 14.2 Å². The summed E-state index contributed by atoms with van der Waals surface area (Å²) in [5.41, 5.74) is -0.192. The van der Waals surface area contributed by atoms with Gasteiger partial charge in [0.2, 0.25) is 0 Å². The third-order valence-corrected chi connectivity index (χ3v) is 3.61. The highest BCUT2D eigenvalue weighted by Gasteiger charge is 2.28. The minimum atomic E-state index is -0.961. The van der Waals surface area contributed by atoms with Crippen LogP contribution in [0.1, 0.15) is 57.3 Å². The van der Waals surface area contributed by atoms with Crippen LogP contribution in [0.25, 0.3) is 0 Å². The second kappa shape index (κ2) is 10.0. The van der Waals surface area contributed by atoms with E-state index in [1.807, 2.05) is 6.92 Å². The predicted molar refractivity (Wildman–Crippen MR) is 97.1 cm³/mol. The molecule has 0 aliphatic carbocycles. The first-order chi connectivity index (χ1) is 11.9. The molecule has 0 unspecified atom stereocenters. The smallest absolute Gasteiger partial charge is 0.341 e. The standard InChI is InChI=1S/C19H29NO5/c1-6-8-12-24-16-10-9-14(13-15(16)17(21)23-5)20-18(22)19(3,4)25-11-7-2/h9-10,13H,6-8,11-12H2,1-5H3,(H,20,22). The lowest BCUT2D eigenvalue weighted by Gasteiger charge is -2.24. The van der Waals surface area contributed by atoms with Crippen LogP contribution in [0.4, 0.5) is 5.69 Å². The van der Waals surface area contributed by atoms with Gasteiger partial charge in [0.25, 0.3) is 5.91 Å². The number of esters is 1. The fraction of sp³-hybridized carbons (Fsp3) is 0.579. The van der Waals surface area contributed by atoms with Gasteiger partial charge in [-0.15, -0.1) is 0 Å². The Morgan fingerprint density at radius 2 is 1.84 bits per heavy atom. The van der Waals surface area contributed by atoms with Crippen LogP contribution in [0.3, 0.4) is 0 Å². The minimum Gasteiger partial charge on any atom is -0.493 e. The number of hydrogen-bond donors (Lipinski definition) is 1. The molecule has 0 atom stereocenters. The third-order valence-electron chi connectivity index (χ3n) is 3.61. The quantitative estimate of drug-likeness (QED) is 0.513. The molecule has 6 heteroatoms. The molecule has 0 aliphatic rings. The molecule has 6 nitrogen and oxygen atoms in total. The number of carbonyl (C=O) groups excluding carboxylic acids is 2. The van der Waals surface area contributed by atoms with E-state index in [1.165, 1.54) is 7.11 Å². The van der Waals surface area contributed by atoms with Crippen molar-refractivity contribution < 1.29 is 23.8 Å². The molecule has 1 aromatic rings. The number of carbonyl (C=O) groups is 2. The Labute approximate surface area is 149 Å². The molecule has 0 radical (unpaired) electrons. The summed E-state index contributed by atoms with van der Waals surface area (Å²) in [5, 5.41) is 2.78. The van der Waals surface area contributed by atoms with Crippen LogP contribution in [0.5, 0.6) is 5.75 Å². The van der Waals surface area contributed by atoms with Crippen molar-refractivity contribution in [2.24, 2.45) is 0 Å². The average Bonchev–Trinajstić information content (AvgIpc) is 2.60. The van der Waals surface area contributed by atoms with Crippen molar-refractivity contribution in [2.75, 3.05) is 25.6 Å². The molecule has 0 heterocycles. The van der Waals surface area contributed by atoms with E-state index < -0.39 is 11.6 Å². The van der Waals surface area contributed by atoms with Crippen molar-refractivity contribution in [1.29, 1.82) is 0 Å². The molecule has 1 amide bonds. The number of ether oxygens (including phenoxy) is 3. The number of rotatable bonds is 10. The molecule has 1 N–H and O–H groups in total. The summed E-state index contributed by atoms with van der Waals surface area (Å²) < 4.78 is 16.0. The number of hydrogen-bond acceptors (Lipinski definition) is 5. The number of benzene rings is 1. The lowest BCUT2D eigenvalue weighted by atomic mass is 10.1. The van der Waals surface area contributed by atoms with Crippen molar-refractivity contribution in [3.05, 3.63) is 23.8 Å². The lowest BCUT2D eigenvalue weighted by molar-refractivity contribution is -0.137. The minimum absolute atomic E-state index is 0.281. The summed E-state index contributed by atoms with van der Waals surface area (Å²) in [5.74, 6) is -0.347. The maximum atomic E-state index is 12.4. The van der Waals surface area contributed by atoms with Gasteiger partial charge in [0.15, 0.2) is 0 Å². The Morgan fingerprint density at radius 1 is 1.12 bits per heavy atom. The first-order valence-electron chi connectivity index (χ1n) is 8.66. The number of methoxy groups -OCH3 is 1. The first-order valence-corrected chi connectivity index (χ1v) is 8.66. The summed E-state index contributed by atoms with van der Waals surface area (Å²) in [7, 11) is 1.31. The number of amides is 1. The van der Waals surface area contributed by atoms with Gasteiger partial charge in [0.05, 0.1) is 13.7 Å². The second-order valence-electron chi connectivity index (χ2n) is 6.22. The van der Waals surface area contributed by atoms with Crippen LogP contribution in [0.15, 0.2) is 18.2 Å². The maximum absolute atomic E-state index is 12.4. The van der Waals surface area contributed by atoms with Crippen LogP contribution in [0.2, 0.25) is 0 Å². The summed E-state index contributed by atoms with van der Waals surface area (Å²) in [6.07, 6.45) is 2.71. The van der Waals surface area contributed by atoms with Crippen molar-refractivity contribution in [1.82, 2.24) is 0 Å². The fourth-order valence-electron chi connectivity index (χ4n) is 2.03. The number of nitrogens with one attached hydrogen (secondary N) is 1. The molecule has 0 aliphatic heterocycles.